The molecule has 0 N–H and O–H groups in total. The molecule has 0 bridgehead atoms. The summed E-state index contributed by atoms with van der Waals surface area (Å²) in [6.45, 7) is 13.5. The van der Waals surface area contributed by atoms with Crippen molar-refractivity contribution in [1.29, 1.82) is 0 Å². The highest BCUT2D eigenvalue weighted by Crippen LogP contribution is 2.50. The van der Waals surface area contributed by atoms with Crippen LogP contribution < -0.4 is 4.74 Å². The Morgan fingerprint density at radius 2 is 1.76 bits per heavy atom. The Bertz CT molecular complexity index is 1800. The fraction of sp³-hybridized carbons (Fsp3) is 0.545. The first kappa shape index (κ1) is 30.5. The quantitative estimate of drug-likeness (QED) is 0.280. The second-order valence-electron chi connectivity index (χ2n) is 13.9. The molecule has 2 fully saturated rings. The molecule has 1 saturated heterocycles. The highest BCUT2D eigenvalue weighted by Gasteiger charge is 2.48. The Morgan fingerprint density at radius 3 is 2.41 bits per heavy atom. The van der Waals surface area contributed by atoms with Crippen LogP contribution in [0.1, 0.15) is 91.5 Å². The summed E-state index contributed by atoms with van der Waals surface area (Å²) in [5.41, 5.74) is 4.03. The Morgan fingerprint density at radius 1 is 1.04 bits per heavy atom. The number of nitrogens with zero attached hydrogens (tertiary/aromatic N) is 9. The second-order valence-corrected chi connectivity index (χ2v) is 15.1. The van der Waals surface area contributed by atoms with E-state index >= 15 is 0 Å². The number of thiophene rings is 1. The van der Waals surface area contributed by atoms with E-state index < -0.39 is 5.60 Å². The lowest BCUT2D eigenvalue weighted by Gasteiger charge is -2.51. The van der Waals surface area contributed by atoms with Crippen LogP contribution >= 0.6 is 11.3 Å². The molecule has 5 heterocycles. The molecule has 1 aromatic carbocycles. The van der Waals surface area contributed by atoms with Gasteiger partial charge in [-0.1, -0.05) is 0 Å². The molecular formula is C33H41N9O3S. The third-order valence-corrected chi connectivity index (χ3v) is 10.6. The van der Waals surface area contributed by atoms with Crippen molar-refractivity contribution in [1.82, 2.24) is 39.9 Å². The molecule has 12 nitrogen and oxygen atoms in total. The molecule has 3 aliphatic rings. The van der Waals surface area contributed by atoms with Gasteiger partial charge in [-0.2, -0.15) is 4.80 Å². The molecule has 3 aromatic heterocycles. The Kier molecular flexibility index (Phi) is 7.49. The van der Waals surface area contributed by atoms with E-state index in [9.17, 15) is 4.79 Å². The van der Waals surface area contributed by atoms with Gasteiger partial charge in [-0.25, -0.2) is 4.79 Å². The molecule has 0 unspecified atom stereocenters. The summed E-state index contributed by atoms with van der Waals surface area (Å²) in [6.07, 6.45) is 4.44. The van der Waals surface area contributed by atoms with Gasteiger partial charge >= 0.3 is 6.09 Å². The predicted octanol–water partition coefficient (Wildman–Crippen LogP) is 5.47. The van der Waals surface area contributed by atoms with Crippen LogP contribution in [-0.2, 0) is 18.2 Å². The van der Waals surface area contributed by atoms with E-state index in [2.05, 4.69) is 68.3 Å². The monoisotopic (exact) mass is 643 g/mol. The molecule has 2 aliphatic heterocycles. The Balaban J connectivity index is 1.08. The molecule has 1 aliphatic carbocycles. The number of hydrogen-bond acceptors (Lipinski definition) is 10. The van der Waals surface area contributed by atoms with E-state index in [0.717, 1.165) is 78.0 Å². The SMILES string of the molecule is Cc1sc2c(c1C)C(c1ccc(OC3CC4(CCN(C(=O)OC(C)(C)C)CC4)C3)cc1)=N[C@H](Cc1nnn(C)n1)c1nnc(C)n1-2. The third-order valence-electron chi connectivity index (χ3n) is 9.39. The van der Waals surface area contributed by atoms with Crippen molar-refractivity contribution in [2.75, 3.05) is 13.1 Å². The highest BCUT2D eigenvalue weighted by atomic mass is 32.1. The summed E-state index contributed by atoms with van der Waals surface area (Å²) < 4.78 is 14.2. The van der Waals surface area contributed by atoms with Crippen molar-refractivity contribution in [3.63, 3.8) is 0 Å². The van der Waals surface area contributed by atoms with Crippen molar-refractivity contribution in [2.45, 2.75) is 91.4 Å². The van der Waals surface area contributed by atoms with Crippen LogP contribution in [0.3, 0.4) is 0 Å². The van der Waals surface area contributed by atoms with Crippen molar-refractivity contribution < 1.29 is 14.3 Å². The first-order valence-corrected chi connectivity index (χ1v) is 16.8. The molecule has 46 heavy (non-hydrogen) atoms. The van der Waals surface area contributed by atoms with Gasteiger partial charge in [0.15, 0.2) is 11.6 Å². The number of hydrogen-bond donors (Lipinski definition) is 0. The topological polar surface area (TPSA) is 125 Å². The summed E-state index contributed by atoms with van der Waals surface area (Å²) in [7, 11) is 1.76. The number of ether oxygens (including phenoxy) is 2. The van der Waals surface area contributed by atoms with Crippen molar-refractivity contribution in [3.8, 4) is 10.8 Å². The zero-order chi connectivity index (χ0) is 32.4. The maximum absolute atomic E-state index is 12.5. The Hall–Kier alpha value is -4.13. The number of likely N-dealkylation sites (tertiary alicyclic amines) is 1. The lowest BCUT2D eigenvalue weighted by Crippen LogP contribution is -2.52. The van der Waals surface area contributed by atoms with Gasteiger partial charge in [0.05, 0.1) is 18.9 Å². The van der Waals surface area contributed by atoms with E-state index in [1.54, 1.807) is 18.4 Å². The maximum atomic E-state index is 12.5. The number of aryl methyl sites for hydroxylation is 3. The zero-order valence-corrected chi connectivity index (χ0v) is 28.4. The Labute approximate surface area is 272 Å². The summed E-state index contributed by atoms with van der Waals surface area (Å²) in [5.74, 6) is 3.07. The maximum Gasteiger partial charge on any atom is 0.410 e. The van der Waals surface area contributed by atoms with Gasteiger partial charge in [-0.15, -0.1) is 31.7 Å². The third kappa shape index (κ3) is 5.69. The first-order chi connectivity index (χ1) is 21.9. The standard InChI is InChI=1S/C33H41N9O3S/c1-19-20(2)46-30-27(19)28(34-25(16-26-36-39-40(7)38-26)29-37-35-21(3)42(29)30)22-8-10-23(11-9-22)44-24-17-33(18-24)12-14-41(15-13-33)31(43)45-32(4,5)6/h8-11,24-25H,12-18H2,1-7H3/t25-/m1/s1. The minimum Gasteiger partial charge on any atom is -0.490 e. The molecule has 1 spiro atoms. The van der Waals surface area contributed by atoms with Crippen LogP contribution in [0.25, 0.3) is 5.00 Å². The minimum atomic E-state index is -0.472. The number of carbonyl (C=O) groups is 1. The molecule has 13 heteroatoms. The largest absolute Gasteiger partial charge is 0.490 e. The van der Waals surface area contributed by atoms with Gasteiger partial charge in [0, 0.05) is 35.5 Å². The highest BCUT2D eigenvalue weighted by molar-refractivity contribution is 7.15. The summed E-state index contributed by atoms with van der Waals surface area (Å²) in [5, 5.41) is 22.8. The fourth-order valence-electron chi connectivity index (χ4n) is 6.87. The van der Waals surface area contributed by atoms with Gasteiger partial charge in [0.25, 0.3) is 0 Å². The molecule has 1 amide bonds. The van der Waals surface area contributed by atoms with Gasteiger partial charge in [-0.05, 0) is 108 Å². The molecule has 4 aromatic rings. The summed E-state index contributed by atoms with van der Waals surface area (Å²) >= 11 is 1.74. The molecular weight excluding hydrogens is 602 g/mol. The zero-order valence-electron chi connectivity index (χ0n) is 27.6. The lowest BCUT2D eigenvalue weighted by molar-refractivity contribution is -0.0583. The first-order valence-electron chi connectivity index (χ1n) is 16.0. The van der Waals surface area contributed by atoms with Crippen LogP contribution in [0.5, 0.6) is 5.75 Å². The van der Waals surface area contributed by atoms with E-state index in [0.29, 0.717) is 12.2 Å². The normalized spacial score (nSPS) is 19.2. The van der Waals surface area contributed by atoms with E-state index in [1.807, 2.05) is 32.6 Å². The van der Waals surface area contributed by atoms with Gasteiger partial charge in [-0.3, -0.25) is 9.56 Å². The van der Waals surface area contributed by atoms with Crippen molar-refractivity contribution >= 4 is 23.1 Å². The minimum absolute atomic E-state index is 0.179. The van der Waals surface area contributed by atoms with Crippen LogP contribution in [0, 0.1) is 26.2 Å². The molecule has 7 rings (SSSR count). The number of tetrazole rings is 1. The second kappa shape index (κ2) is 11.3. The van der Waals surface area contributed by atoms with Gasteiger partial charge in [0.1, 0.15) is 28.2 Å². The van der Waals surface area contributed by atoms with Gasteiger partial charge < -0.3 is 14.4 Å². The average molecular weight is 644 g/mol. The fourth-order valence-corrected chi connectivity index (χ4v) is 8.09. The number of piperidine rings is 1. The molecule has 1 atom stereocenters. The number of carbonyl (C=O) groups excluding carboxylic acids is 1. The number of aromatic nitrogens is 7. The van der Waals surface area contributed by atoms with Crippen LogP contribution in [0.2, 0.25) is 0 Å². The predicted molar refractivity (Wildman–Crippen MR) is 174 cm³/mol. The van der Waals surface area contributed by atoms with Gasteiger partial charge in [0.2, 0.25) is 0 Å². The summed E-state index contributed by atoms with van der Waals surface area (Å²) in [6, 6.07) is 7.99. The van der Waals surface area contributed by atoms with Crippen molar-refractivity contribution in [3.05, 3.63) is 63.3 Å². The molecule has 242 valence electrons. The van der Waals surface area contributed by atoms with Crippen molar-refractivity contribution in [2.24, 2.45) is 17.5 Å². The molecule has 1 saturated carbocycles. The van der Waals surface area contributed by atoms with E-state index in [4.69, 9.17) is 14.5 Å². The number of amides is 1. The smallest absolute Gasteiger partial charge is 0.410 e. The number of rotatable bonds is 5. The average Bonchev–Trinajstić information content (AvgIpc) is 3.63. The lowest BCUT2D eigenvalue weighted by atomic mass is 9.61. The van der Waals surface area contributed by atoms with E-state index in [-0.39, 0.29) is 23.7 Å². The van der Waals surface area contributed by atoms with Crippen LogP contribution in [0.15, 0.2) is 29.3 Å². The van der Waals surface area contributed by atoms with Crippen LogP contribution in [-0.4, -0.2) is 76.5 Å². The number of benzene rings is 1. The van der Waals surface area contributed by atoms with Crippen LogP contribution in [0.4, 0.5) is 4.79 Å². The van der Waals surface area contributed by atoms with E-state index in [1.165, 1.54) is 15.2 Å². The number of aliphatic imine (C=N–C) groups is 1. The number of fused-ring (bicyclic) bond motifs is 3. The summed E-state index contributed by atoms with van der Waals surface area (Å²) in [4.78, 5) is 22.4. The molecule has 0 radical (unpaired) electrons.